The molecule has 1 amide bonds. The van der Waals surface area contributed by atoms with Crippen molar-refractivity contribution in [1.82, 2.24) is 14.8 Å². The van der Waals surface area contributed by atoms with Crippen LogP contribution in [-0.4, -0.2) is 27.0 Å². The fourth-order valence-electron chi connectivity index (χ4n) is 2.54. The molecule has 0 bridgehead atoms. The lowest BCUT2D eigenvalue weighted by Gasteiger charge is -2.09. The third-order valence-electron chi connectivity index (χ3n) is 3.91. The van der Waals surface area contributed by atoms with Crippen molar-refractivity contribution in [1.29, 1.82) is 0 Å². The number of allylic oxidation sites excluding steroid dienone is 1. The van der Waals surface area contributed by atoms with Gasteiger partial charge in [-0.15, -0.1) is 18.3 Å². The number of benzene rings is 2. The van der Waals surface area contributed by atoms with Gasteiger partial charge in [-0.25, -0.2) is 9.67 Å². The molecule has 0 fully saturated rings. The second-order valence-corrected chi connectivity index (χ2v) is 5.99. The molecule has 1 aromatic heterocycles. The number of halogens is 3. The van der Waals surface area contributed by atoms with Gasteiger partial charge in [0.2, 0.25) is 5.91 Å². The minimum Gasteiger partial charge on any atom is -0.406 e. The van der Waals surface area contributed by atoms with Gasteiger partial charge in [0.25, 0.3) is 0 Å². The highest BCUT2D eigenvalue weighted by molar-refractivity contribution is 5.95. The molecule has 11 heteroatoms. The summed E-state index contributed by atoms with van der Waals surface area (Å²) in [5, 5.41) is 7.31. The van der Waals surface area contributed by atoms with Crippen LogP contribution in [0.3, 0.4) is 0 Å². The van der Waals surface area contributed by atoms with E-state index in [1.807, 2.05) is 0 Å². The molecule has 2 aromatic carbocycles. The third kappa shape index (κ3) is 5.24. The number of hydrogen-bond donors (Lipinski definition) is 0. The number of aromatic nitrogens is 3. The van der Waals surface area contributed by atoms with E-state index in [1.165, 1.54) is 41.4 Å². The Morgan fingerprint density at radius 2 is 1.83 bits per heavy atom. The van der Waals surface area contributed by atoms with E-state index in [9.17, 15) is 18.0 Å². The molecule has 0 saturated heterocycles. The van der Waals surface area contributed by atoms with Crippen LogP contribution in [-0.2, 0) is 4.79 Å². The van der Waals surface area contributed by atoms with Crippen LogP contribution >= 0.6 is 0 Å². The van der Waals surface area contributed by atoms with Crippen LogP contribution < -0.4 is 4.74 Å². The van der Waals surface area contributed by atoms with Crippen LogP contribution in [0.25, 0.3) is 33.1 Å². The molecule has 0 N–H and O–H groups in total. The average molecular weight is 414 g/mol. The van der Waals surface area contributed by atoms with Gasteiger partial charge in [0.05, 0.1) is 5.69 Å². The molecule has 3 rings (SSSR count). The molecular weight excluding hydrogens is 401 g/mol. The highest BCUT2D eigenvalue weighted by Crippen LogP contribution is 2.24. The van der Waals surface area contributed by atoms with E-state index < -0.39 is 12.3 Å². The molecule has 0 radical (unpaired) electrons. The van der Waals surface area contributed by atoms with Gasteiger partial charge in [-0.3, -0.25) is 4.79 Å². The summed E-state index contributed by atoms with van der Waals surface area (Å²) < 4.78 is 42.0. The average Bonchev–Trinajstić information content (AvgIpc) is 3.18. The molecular formula is C19H13F3N6O2. The second-order valence-electron chi connectivity index (χ2n) is 5.99. The van der Waals surface area contributed by atoms with Gasteiger partial charge in [-0.2, -0.15) is 0 Å². The fourth-order valence-corrected chi connectivity index (χ4v) is 2.54. The minimum atomic E-state index is -4.75. The van der Waals surface area contributed by atoms with E-state index in [1.54, 1.807) is 31.2 Å². The van der Waals surface area contributed by atoms with Gasteiger partial charge in [-0.1, -0.05) is 24.3 Å². The minimum absolute atomic E-state index is 0.329. The maximum atomic E-state index is 12.2. The van der Waals surface area contributed by atoms with E-state index in [2.05, 4.69) is 24.8 Å². The number of amides is 1. The van der Waals surface area contributed by atoms with Crippen molar-refractivity contribution < 1.29 is 22.7 Å². The van der Waals surface area contributed by atoms with Crippen LogP contribution in [0.15, 0.2) is 66.0 Å². The molecule has 0 spiro atoms. The highest BCUT2D eigenvalue weighted by atomic mass is 19.4. The smallest absolute Gasteiger partial charge is 0.406 e. The molecule has 0 aliphatic rings. The van der Waals surface area contributed by atoms with Crippen molar-refractivity contribution in [2.45, 2.75) is 13.3 Å². The van der Waals surface area contributed by atoms with Crippen LogP contribution in [0.1, 0.15) is 12.5 Å². The van der Waals surface area contributed by atoms with Crippen LogP contribution in [0.4, 0.5) is 13.2 Å². The van der Waals surface area contributed by atoms with E-state index in [4.69, 9.17) is 5.53 Å². The Morgan fingerprint density at radius 3 is 2.43 bits per heavy atom. The summed E-state index contributed by atoms with van der Waals surface area (Å²) in [5.41, 5.74) is 10.8. The van der Waals surface area contributed by atoms with Crippen molar-refractivity contribution in [2.24, 2.45) is 5.11 Å². The molecule has 8 nitrogen and oxygen atoms in total. The Balaban J connectivity index is 1.76. The Bertz CT molecular complexity index is 1130. The van der Waals surface area contributed by atoms with E-state index in [0.717, 1.165) is 5.56 Å². The maximum Gasteiger partial charge on any atom is 0.573 e. The molecule has 0 unspecified atom stereocenters. The number of azide groups is 1. The Labute approximate surface area is 167 Å². The summed E-state index contributed by atoms with van der Waals surface area (Å²) in [6.45, 7) is 1.71. The summed E-state index contributed by atoms with van der Waals surface area (Å²) in [6.07, 6.45) is -2.09. The normalized spacial score (nSPS) is 11.7. The SMILES string of the molecule is CC(=CC(=O)N=[N+]=[N-])c1ccc(-c2ncn(-c3ccc(OC(F)(F)F)cc3)n2)cc1. The number of nitrogens with zero attached hydrogens (tertiary/aromatic N) is 6. The van der Waals surface area contributed by atoms with Gasteiger partial charge >= 0.3 is 6.36 Å². The van der Waals surface area contributed by atoms with Crippen LogP contribution in [0, 0.1) is 0 Å². The van der Waals surface area contributed by atoms with Gasteiger partial charge in [0, 0.05) is 10.5 Å². The lowest BCUT2D eigenvalue weighted by atomic mass is 10.0. The number of alkyl halides is 3. The first-order valence-electron chi connectivity index (χ1n) is 8.41. The van der Waals surface area contributed by atoms with E-state index in [-0.39, 0.29) is 5.75 Å². The summed E-state index contributed by atoms with van der Waals surface area (Å²) >= 11 is 0. The zero-order valence-corrected chi connectivity index (χ0v) is 15.4. The topological polar surface area (TPSA) is 106 Å². The van der Waals surface area contributed by atoms with E-state index in [0.29, 0.717) is 22.6 Å². The number of carbonyl (C=O) groups excluding carboxylic acids is 1. The number of rotatable bonds is 5. The number of ether oxygens (including phenoxy) is 1. The monoisotopic (exact) mass is 414 g/mol. The van der Waals surface area contributed by atoms with Crippen LogP contribution in [0.5, 0.6) is 5.75 Å². The Morgan fingerprint density at radius 1 is 1.17 bits per heavy atom. The lowest BCUT2D eigenvalue weighted by Crippen LogP contribution is -2.17. The largest absolute Gasteiger partial charge is 0.573 e. The predicted molar refractivity (Wildman–Crippen MR) is 101 cm³/mol. The molecule has 0 aliphatic heterocycles. The van der Waals surface area contributed by atoms with Crippen LogP contribution in [0.2, 0.25) is 0 Å². The summed E-state index contributed by atoms with van der Waals surface area (Å²) in [4.78, 5) is 18.0. The molecule has 0 saturated carbocycles. The van der Waals surface area contributed by atoms with Crippen molar-refractivity contribution in [3.63, 3.8) is 0 Å². The molecule has 3 aromatic rings. The first-order valence-corrected chi connectivity index (χ1v) is 8.41. The quantitative estimate of drug-likeness (QED) is 0.251. The van der Waals surface area contributed by atoms with Crippen molar-refractivity contribution in [3.05, 3.63) is 76.9 Å². The number of hydrogen-bond acceptors (Lipinski definition) is 4. The summed E-state index contributed by atoms with van der Waals surface area (Å²) in [5.74, 6) is -0.611. The number of carbonyl (C=O) groups is 1. The lowest BCUT2D eigenvalue weighted by molar-refractivity contribution is -0.274. The molecule has 152 valence electrons. The Kier molecular flexibility index (Phi) is 5.84. The maximum absolute atomic E-state index is 12.2. The van der Waals surface area contributed by atoms with Gasteiger partial charge in [0.15, 0.2) is 5.82 Å². The van der Waals surface area contributed by atoms with E-state index >= 15 is 0 Å². The molecule has 0 atom stereocenters. The summed E-state index contributed by atoms with van der Waals surface area (Å²) in [6, 6.07) is 12.3. The van der Waals surface area contributed by atoms with Gasteiger partial charge < -0.3 is 4.74 Å². The zero-order valence-electron chi connectivity index (χ0n) is 15.4. The van der Waals surface area contributed by atoms with Gasteiger partial charge in [0.1, 0.15) is 12.1 Å². The molecule has 30 heavy (non-hydrogen) atoms. The summed E-state index contributed by atoms with van der Waals surface area (Å²) in [7, 11) is 0. The van der Waals surface area contributed by atoms with Crippen molar-refractivity contribution in [3.8, 4) is 22.8 Å². The standard InChI is InChI=1S/C19H13F3N6O2/c1-12(10-17(29)25-27-23)13-2-4-14(5-3-13)18-24-11-28(26-18)15-6-8-16(9-7-15)30-19(20,21)22/h2-11H,1H3. The first-order chi connectivity index (χ1) is 14.2. The Hall–Kier alpha value is -4.11. The highest BCUT2D eigenvalue weighted by Gasteiger charge is 2.31. The van der Waals surface area contributed by atoms with Gasteiger partial charge in [-0.05, 0) is 59.0 Å². The first kappa shape index (κ1) is 20.6. The third-order valence-corrected chi connectivity index (χ3v) is 3.91. The molecule has 1 heterocycles. The van der Waals surface area contributed by atoms with Crippen molar-refractivity contribution >= 4 is 11.5 Å². The second kappa shape index (κ2) is 8.50. The molecule has 0 aliphatic carbocycles. The van der Waals surface area contributed by atoms with Crippen molar-refractivity contribution in [2.75, 3.05) is 0 Å². The zero-order chi connectivity index (χ0) is 21.7. The predicted octanol–water partition coefficient (Wildman–Crippen LogP) is 5.07. The fraction of sp³-hybridized carbons (Fsp3) is 0.105.